The Balaban J connectivity index is 2.24. The molecule has 156 valence electrons. The summed E-state index contributed by atoms with van der Waals surface area (Å²) in [6.45, 7) is 7.90. The molecule has 1 N–H and O–H groups in total. The Hall–Kier alpha value is -2.34. The molecule has 5 nitrogen and oxygen atoms in total. The predicted octanol–water partition coefficient (Wildman–Crippen LogP) is 4.33. The van der Waals surface area contributed by atoms with Gasteiger partial charge in [0.1, 0.15) is 11.8 Å². The third kappa shape index (κ3) is 7.20. The van der Waals surface area contributed by atoms with Crippen LogP contribution in [0.1, 0.15) is 38.8 Å². The zero-order valence-electron chi connectivity index (χ0n) is 17.7. The monoisotopic (exact) mass is 460 g/mol. The first-order valence-corrected chi connectivity index (χ1v) is 10.4. The van der Waals surface area contributed by atoms with Crippen molar-refractivity contribution in [3.63, 3.8) is 0 Å². The first-order chi connectivity index (χ1) is 13.6. The van der Waals surface area contributed by atoms with Crippen LogP contribution in [0.3, 0.4) is 0 Å². The molecule has 0 heterocycles. The van der Waals surface area contributed by atoms with E-state index in [-0.39, 0.29) is 23.8 Å². The van der Waals surface area contributed by atoms with Gasteiger partial charge in [0.25, 0.3) is 0 Å². The molecule has 0 aliphatic carbocycles. The Morgan fingerprint density at radius 2 is 1.76 bits per heavy atom. The van der Waals surface area contributed by atoms with E-state index in [0.29, 0.717) is 6.54 Å². The second-order valence-corrected chi connectivity index (χ2v) is 9.01. The van der Waals surface area contributed by atoms with Crippen molar-refractivity contribution in [3.05, 3.63) is 64.1 Å². The number of benzene rings is 2. The normalized spacial score (nSPS) is 12.2. The molecular weight excluding hydrogens is 432 g/mol. The fourth-order valence-electron chi connectivity index (χ4n) is 2.91. The summed E-state index contributed by atoms with van der Waals surface area (Å²) >= 11 is 3.47. The van der Waals surface area contributed by atoms with Gasteiger partial charge >= 0.3 is 0 Å². The maximum Gasteiger partial charge on any atom is 0.242 e. The van der Waals surface area contributed by atoms with Gasteiger partial charge in [-0.25, -0.2) is 0 Å². The highest BCUT2D eigenvalue weighted by Crippen LogP contribution is 2.18. The Bertz CT molecular complexity index is 844. The van der Waals surface area contributed by atoms with E-state index in [1.54, 1.807) is 18.9 Å². The number of hydrogen-bond donors (Lipinski definition) is 1. The fourth-order valence-corrected chi connectivity index (χ4v) is 3.35. The number of amides is 2. The molecule has 2 rings (SSSR count). The van der Waals surface area contributed by atoms with Crippen molar-refractivity contribution in [3.8, 4) is 5.75 Å². The minimum atomic E-state index is -0.598. The molecule has 1 atom stereocenters. The Morgan fingerprint density at radius 1 is 1.10 bits per heavy atom. The number of ether oxygens (including phenoxy) is 1. The lowest BCUT2D eigenvalue weighted by Gasteiger charge is -2.31. The Morgan fingerprint density at radius 3 is 2.31 bits per heavy atom. The summed E-state index contributed by atoms with van der Waals surface area (Å²) in [7, 11) is 1.61. The van der Waals surface area contributed by atoms with E-state index in [9.17, 15) is 9.59 Å². The van der Waals surface area contributed by atoms with Crippen molar-refractivity contribution in [2.24, 2.45) is 0 Å². The molecule has 0 aliphatic heterocycles. The van der Waals surface area contributed by atoms with E-state index in [1.807, 2.05) is 69.3 Å². The van der Waals surface area contributed by atoms with Gasteiger partial charge in [-0.1, -0.05) is 40.2 Å². The van der Waals surface area contributed by atoms with E-state index in [2.05, 4.69) is 21.2 Å². The van der Waals surface area contributed by atoms with E-state index in [4.69, 9.17) is 4.74 Å². The third-order valence-corrected chi connectivity index (χ3v) is 4.92. The van der Waals surface area contributed by atoms with Crippen LogP contribution < -0.4 is 10.1 Å². The van der Waals surface area contributed by atoms with Crippen LogP contribution in [0.4, 0.5) is 0 Å². The first kappa shape index (κ1) is 22.9. The van der Waals surface area contributed by atoms with Gasteiger partial charge in [-0.05, 0) is 63.1 Å². The number of nitrogens with one attached hydrogen (secondary N) is 1. The molecule has 0 fully saturated rings. The van der Waals surface area contributed by atoms with Gasteiger partial charge in [-0.3, -0.25) is 9.59 Å². The van der Waals surface area contributed by atoms with Crippen LogP contribution in [0.5, 0.6) is 5.75 Å². The maximum atomic E-state index is 13.2. The van der Waals surface area contributed by atoms with Crippen molar-refractivity contribution in [2.45, 2.75) is 52.2 Å². The standard InChI is InChI=1S/C23H29BrN2O3/c1-16(22(28)25-23(2,3)4)26(15-18-7-6-8-19(24)13-18)21(27)14-17-9-11-20(29-5)12-10-17/h6-13,16H,14-15H2,1-5H3,(H,25,28). The minimum Gasteiger partial charge on any atom is -0.497 e. The molecule has 0 spiro atoms. The number of carbonyl (C=O) groups excluding carboxylic acids is 2. The molecule has 0 aliphatic rings. The third-order valence-electron chi connectivity index (χ3n) is 4.42. The lowest BCUT2D eigenvalue weighted by Crippen LogP contribution is -2.52. The number of rotatable bonds is 7. The zero-order chi connectivity index (χ0) is 21.6. The second-order valence-electron chi connectivity index (χ2n) is 8.09. The van der Waals surface area contributed by atoms with Gasteiger partial charge in [0, 0.05) is 16.6 Å². The summed E-state index contributed by atoms with van der Waals surface area (Å²) in [5.41, 5.74) is 1.46. The zero-order valence-corrected chi connectivity index (χ0v) is 19.2. The van der Waals surface area contributed by atoms with Crippen LogP contribution in [0.2, 0.25) is 0 Å². The molecule has 6 heteroatoms. The fraction of sp³-hybridized carbons (Fsp3) is 0.391. The van der Waals surface area contributed by atoms with Crippen LogP contribution in [0.15, 0.2) is 53.0 Å². The van der Waals surface area contributed by atoms with Gasteiger partial charge < -0.3 is 15.0 Å². The van der Waals surface area contributed by atoms with Crippen molar-refractivity contribution in [2.75, 3.05) is 7.11 Å². The van der Waals surface area contributed by atoms with Crippen molar-refractivity contribution >= 4 is 27.7 Å². The summed E-state index contributed by atoms with van der Waals surface area (Å²) in [6.07, 6.45) is 0.213. The first-order valence-electron chi connectivity index (χ1n) is 9.58. The van der Waals surface area contributed by atoms with Gasteiger partial charge in [0.05, 0.1) is 13.5 Å². The van der Waals surface area contributed by atoms with E-state index in [0.717, 1.165) is 21.3 Å². The number of hydrogen-bond acceptors (Lipinski definition) is 3. The van der Waals surface area contributed by atoms with Crippen LogP contribution in [-0.4, -0.2) is 35.4 Å². The maximum absolute atomic E-state index is 13.2. The Labute approximate surface area is 181 Å². The average molecular weight is 461 g/mol. The molecule has 0 saturated heterocycles. The quantitative estimate of drug-likeness (QED) is 0.668. The van der Waals surface area contributed by atoms with E-state index in [1.165, 1.54) is 0 Å². The Kier molecular flexibility index (Phi) is 7.85. The SMILES string of the molecule is COc1ccc(CC(=O)N(Cc2cccc(Br)c2)C(C)C(=O)NC(C)(C)C)cc1. The molecule has 2 aromatic carbocycles. The molecule has 2 amide bonds. The van der Waals surface area contributed by atoms with E-state index >= 15 is 0 Å². The highest BCUT2D eigenvalue weighted by molar-refractivity contribution is 9.10. The molecule has 0 radical (unpaired) electrons. The minimum absolute atomic E-state index is 0.105. The summed E-state index contributed by atoms with van der Waals surface area (Å²) in [5, 5.41) is 2.97. The summed E-state index contributed by atoms with van der Waals surface area (Å²) < 4.78 is 6.11. The van der Waals surface area contributed by atoms with Crippen molar-refractivity contribution in [1.29, 1.82) is 0 Å². The summed E-state index contributed by atoms with van der Waals surface area (Å²) in [4.78, 5) is 27.6. The van der Waals surface area contributed by atoms with Gasteiger partial charge in [0.2, 0.25) is 11.8 Å². The van der Waals surface area contributed by atoms with Crippen LogP contribution >= 0.6 is 15.9 Å². The highest BCUT2D eigenvalue weighted by Gasteiger charge is 2.28. The van der Waals surface area contributed by atoms with Gasteiger partial charge in [-0.15, -0.1) is 0 Å². The molecular formula is C23H29BrN2O3. The molecule has 0 bridgehead atoms. The lowest BCUT2D eigenvalue weighted by molar-refractivity contribution is -0.140. The topological polar surface area (TPSA) is 58.6 Å². The van der Waals surface area contributed by atoms with Crippen LogP contribution in [0.25, 0.3) is 0 Å². The number of halogens is 1. The van der Waals surface area contributed by atoms with Crippen molar-refractivity contribution < 1.29 is 14.3 Å². The van der Waals surface area contributed by atoms with Gasteiger partial charge in [-0.2, -0.15) is 0 Å². The number of methoxy groups -OCH3 is 1. The van der Waals surface area contributed by atoms with Crippen LogP contribution in [-0.2, 0) is 22.6 Å². The second kappa shape index (κ2) is 9.92. The lowest BCUT2D eigenvalue weighted by atomic mass is 10.1. The van der Waals surface area contributed by atoms with Crippen LogP contribution in [0, 0.1) is 0 Å². The van der Waals surface area contributed by atoms with E-state index < -0.39 is 6.04 Å². The summed E-state index contributed by atoms with van der Waals surface area (Å²) in [6, 6.07) is 14.6. The average Bonchev–Trinajstić information content (AvgIpc) is 2.65. The largest absolute Gasteiger partial charge is 0.497 e. The molecule has 1 unspecified atom stereocenters. The predicted molar refractivity (Wildman–Crippen MR) is 119 cm³/mol. The highest BCUT2D eigenvalue weighted by atomic mass is 79.9. The smallest absolute Gasteiger partial charge is 0.242 e. The number of carbonyl (C=O) groups is 2. The molecule has 0 aromatic heterocycles. The summed E-state index contributed by atoms with van der Waals surface area (Å²) in [5.74, 6) is 0.465. The number of nitrogens with zero attached hydrogens (tertiary/aromatic N) is 1. The van der Waals surface area contributed by atoms with Crippen molar-refractivity contribution in [1.82, 2.24) is 10.2 Å². The molecule has 2 aromatic rings. The van der Waals surface area contributed by atoms with Gasteiger partial charge in [0.15, 0.2) is 0 Å². The molecule has 29 heavy (non-hydrogen) atoms. The molecule has 0 saturated carbocycles.